The Morgan fingerprint density at radius 2 is 1.81 bits per heavy atom. The monoisotopic (exact) mass is 486 g/mol. The minimum atomic E-state index is -1.05. The first-order valence-corrected chi connectivity index (χ1v) is 12.0. The third kappa shape index (κ3) is 6.64. The highest BCUT2D eigenvalue weighted by atomic mass is 35.5. The minimum absolute atomic E-state index is 0.168. The van der Waals surface area contributed by atoms with Crippen molar-refractivity contribution in [2.24, 2.45) is 11.3 Å². The van der Waals surface area contributed by atoms with Crippen molar-refractivity contribution in [3.63, 3.8) is 0 Å². The summed E-state index contributed by atoms with van der Waals surface area (Å²) in [5.41, 5.74) is 0.0650. The largest absolute Gasteiger partial charge is 0.480 e. The molecule has 170 valence electrons. The predicted molar refractivity (Wildman–Crippen MR) is 126 cm³/mol. The van der Waals surface area contributed by atoms with Gasteiger partial charge in [-0.25, -0.2) is 4.79 Å². The van der Waals surface area contributed by atoms with Gasteiger partial charge in [-0.2, -0.15) is 0 Å². The van der Waals surface area contributed by atoms with Crippen LogP contribution in [0.15, 0.2) is 23.1 Å². The van der Waals surface area contributed by atoms with Gasteiger partial charge in [0.2, 0.25) is 11.8 Å². The van der Waals surface area contributed by atoms with Crippen molar-refractivity contribution in [1.29, 1.82) is 0 Å². The van der Waals surface area contributed by atoms with E-state index in [4.69, 9.17) is 23.2 Å². The van der Waals surface area contributed by atoms with Crippen LogP contribution in [-0.2, 0) is 14.4 Å². The van der Waals surface area contributed by atoms with E-state index in [2.05, 4.69) is 5.32 Å². The van der Waals surface area contributed by atoms with E-state index in [-0.39, 0.29) is 17.7 Å². The average Bonchev–Trinajstić information content (AvgIpc) is 2.71. The number of likely N-dealkylation sites (tertiary alicyclic amines) is 1. The second kappa shape index (κ2) is 10.7. The number of carbonyl (C=O) groups is 3. The number of nitrogens with one attached hydrogen (secondary N) is 1. The number of carbonyl (C=O) groups excluding carboxylic acids is 2. The zero-order chi connectivity index (χ0) is 23.3. The second-order valence-electron chi connectivity index (χ2n) is 8.56. The maximum Gasteiger partial charge on any atom is 0.326 e. The molecule has 1 atom stereocenters. The number of carboxylic acid groups (broad SMARTS) is 1. The van der Waals surface area contributed by atoms with Gasteiger partial charge in [-0.05, 0) is 42.2 Å². The summed E-state index contributed by atoms with van der Waals surface area (Å²) in [5.74, 6) is -1.81. The Morgan fingerprint density at radius 1 is 1.19 bits per heavy atom. The number of amides is 2. The van der Waals surface area contributed by atoms with Crippen LogP contribution < -0.4 is 5.32 Å². The number of thioether (sulfide) groups is 1. The fraction of sp³-hybridized carbons (Fsp3) is 0.500. The van der Waals surface area contributed by atoms with Crippen molar-refractivity contribution >= 4 is 58.8 Å². The maximum absolute atomic E-state index is 12.5. The molecule has 31 heavy (non-hydrogen) atoms. The van der Waals surface area contributed by atoms with Crippen molar-refractivity contribution in [2.75, 3.05) is 19.3 Å². The first kappa shape index (κ1) is 25.6. The van der Waals surface area contributed by atoms with Gasteiger partial charge in [0.15, 0.2) is 0 Å². The van der Waals surface area contributed by atoms with E-state index in [1.165, 1.54) is 17.8 Å². The molecule has 2 N–H and O–H groups in total. The smallest absolute Gasteiger partial charge is 0.326 e. The van der Waals surface area contributed by atoms with Crippen LogP contribution in [0.5, 0.6) is 0 Å². The Labute approximate surface area is 197 Å². The standard InChI is InChI=1S/C22H28Cl2N2O4S/c1-22(2,3)19(21(29)30)25-20(28)14-9-11-26(12-10-14)16(27)8-6-13-5-7-15(31-4)18(24)17(13)23/h5-8,14,19H,9-12H2,1-4H3,(H,25,28)(H,29,30). The Hall–Kier alpha value is -1.70. The first-order valence-electron chi connectivity index (χ1n) is 9.97. The van der Waals surface area contributed by atoms with Gasteiger partial charge in [0.25, 0.3) is 0 Å². The van der Waals surface area contributed by atoms with Gasteiger partial charge in [0.05, 0.1) is 10.0 Å². The highest BCUT2D eigenvalue weighted by Crippen LogP contribution is 2.35. The van der Waals surface area contributed by atoms with Crippen molar-refractivity contribution < 1.29 is 19.5 Å². The first-order chi connectivity index (χ1) is 14.5. The number of nitrogens with zero attached hydrogens (tertiary/aromatic N) is 1. The van der Waals surface area contributed by atoms with Gasteiger partial charge in [0.1, 0.15) is 6.04 Å². The molecule has 0 saturated carbocycles. The lowest BCUT2D eigenvalue weighted by Gasteiger charge is -2.33. The fourth-order valence-electron chi connectivity index (χ4n) is 3.37. The molecule has 1 aliphatic heterocycles. The number of piperidine rings is 1. The van der Waals surface area contributed by atoms with Gasteiger partial charge in [-0.3, -0.25) is 9.59 Å². The summed E-state index contributed by atoms with van der Waals surface area (Å²) in [7, 11) is 0. The Bertz CT molecular complexity index is 875. The normalized spacial score (nSPS) is 16.4. The lowest BCUT2D eigenvalue weighted by molar-refractivity contribution is -0.146. The Balaban J connectivity index is 1.94. The number of hydrogen-bond acceptors (Lipinski definition) is 4. The summed E-state index contributed by atoms with van der Waals surface area (Å²) in [6, 6.07) is 2.71. The molecule has 1 aliphatic rings. The summed E-state index contributed by atoms with van der Waals surface area (Å²) in [5, 5.41) is 12.9. The molecule has 1 aromatic carbocycles. The fourth-order valence-corrected chi connectivity index (χ4v) is 4.54. The maximum atomic E-state index is 12.5. The SMILES string of the molecule is CSc1ccc(C=CC(=O)N2CCC(C(=O)NC(C(=O)O)C(C)(C)C)CC2)c(Cl)c1Cl. The van der Waals surface area contributed by atoms with E-state index in [0.717, 1.165) is 4.90 Å². The Kier molecular flexibility index (Phi) is 8.86. The molecule has 6 nitrogen and oxygen atoms in total. The molecule has 9 heteroatoms. The van der Waals surface area contributed by atoms with Crippen LogP contribution in [0.25, 0.3) is 6.08 Å². The topological polar surface area (TPSA) is 86.7 Å². The van der Waals surface area contributed by atoms with Crippen LogP contribution in [0.1, 0.15) is 39.2 Å². The van der Waals surface area contributed by atoms with Gasteiger partial charge in [-0.1, -0.05) is 50.0 Å². The van der Waals surface area contributed by atoms with Crippen LogP contribution in [0.3, 0.4) is 0 Å². The van der Waals surface area contributed by atoms with Crippen LogP contribution in [0.2, 0.25) is 10.0 Å². The molecule has 0 aromatic heterocycles. The van der Waals surface area contributed by atoms with Crippen molar-refractivity contribution in [2.45, 2.75) is 44.6 Å². The van der Waals surface area contributed by atoms with Crippen molar-refractivity contribution in [1.82, 2.24) is 10.2 Å². The van der Waals surface area contributed by atoms with Crippen molar-refractivity contribution in [3.05, 3.63) is 33.8 Å². The third-order valence-corrected chi connectivity index (χ3v) is 7.07. The molecule has 1 aromatic rings. The van der Waals surface area contributed by atoms with E-state index < -0.39 is 17.4 Å². The number of benzene rings is 1. The molecule has 1 fully saturated rings. The summed E-state index contributed by atoms with van der Waals surface area (Å²) in [4.78, 5) is 39.1. The highest BCUT2D eigenvalue weighted by Gasteiger charge is 2.35. The van der Waals surface area contributed by atoms with Gasteiger partial charge >= 0.3 is 5.97 Å². The summed E-state index contributed by atoms with van der Waals surface area (Å²) >= 11 is 14.0. The lowest BCUT2D eigenvalue weighted by Crippen LogP contribution is -2.52. The zero-order valence-corrected chi connectivity index (χ0v) is 20.4. The lowest BCUT2D eigenvalue weighted by atomic mass is 9.86. The molecule has 0 spiro atoms. The molecule has 1 unspecified atom stereocenters. The molecule has 0 aliphatic carbocycles. The molecule has 0 radical (unpaired) electrons. The highest BCUT2D eigenvalue weighted by molar-refractivity contribution is 7.98. The predicted octanol–water partition coefficient (Wildman–Crippen LogP) is 4.58. The zero-order valence-electron chi connectivity index (χ0n) is 18.1. The number of halogens is 2. The quantitative estimate of drug-likeness (QED) is 0.453. The average molecular weight is 487 g/mol. The Morgan fingerprint density at radius 3 is 2.32 bits per heavy atom. The molecule has 2 amide bonds. The van der Waals surface area contributed by atoms with E-state index >= 15 is 0 Å². The van der Waals surface area contributed by atoms with E-state index in [1.54, 1.807) is 31.7 Å². The molecular weight excluding hydrogens is 459 g/mol. The van der Waals surface area contributed by atoms with Crippen molar-refractivity contribution in [3.8, 4) is 0 Å². The summed E-state index contributed by atoms with van der Waals surface area (Å²) in [6.45, 7) is 6.16. The summed E-state index contributed by atoms with van der Waals surface area (Å²) in [6.07, 6.45) is 5.97. The van der Waals surface area contributed by atoms with E-state index in [1.807, 2.05) is 18.4 Å². The second-order valence-corrected chi connectivity index (χ2v) is 10.2. The number of carboxylic acids is 1. The third-order valence-electron chi connectivity index (χ3n) is 5.28. The molecule has 1 heterocycles. The van der Waals surface area contributed by atoms with Gasteiger partial charge < -0.3 is 15.3 Å². The molecule has 2 rings (SSSR count). The minimum Gasteiger partial charge on any atom is -0.480 e. The van der Waals surface area contributed by atoms with Crippen LogP contribution in [-0.4, -0.2) is 53.2 Å². The molecular formula is C22H28Cl2N2O4S. The van der Waals surface area contributed by atoms with E-state index in [0.29, 0.717) is 41.5 Å². The van der Waals surface area contributed by atoms with Gasteiger partial charge in [-0.15, -0.1) is 11.8 Å². The molecule has 0 bridgehead atoms. The number of aliphatic carboxylic acids is 1. The summed E-state index contributed by atoms with van der Waals surface area (Å²) < 4.78 is 0. The van der Waals surface area contributed by atoms with E-state index in [9.17, 15) is 19.5 Å². The molecule has 1 saturated heterocycles. The van der Waals surface area contributed by atoms with Crippen LogP contribution in [0.4, 0.5) is 0 Å². The van der Waals surface area contributed by atoms with Gasteiger partial charge in [0, 0.05) is 30.0 Å². The number of hydrogen-bond donors (Lipinski definition) is 2. The van der Waals surface area contributed by atoms with Crippen LogP contribution in [0, 0.1) is 11.3 Å². The van der Waals surface area contributed by atoms with Crippen LogP contribution >= 0.6 is 35.0 Å². The number of rotatable bonds is 6.